The van der Waals surface area contributed by atoms with Crippen LogP contribution in [0.1, 0.15) is 5.69 Å². The van der Waals surface area contributed by atoms with Crippen LogP contribution in [0.3, 0.4) is 0 Å². The fraction of sp³-hybridized carbons (Fsp3) is 0.125. The van der Waals surface area contributed by atoms with Crippen molar-refractivity contribution < 1.29 is 17.9 Å². The number of alkyl halides is 3. The molecule has 27 heavy (non-hydrogen) atoms. The highest BCUT2D eigenvalue weighted by Crippen LogP contribution is 2.39. The second kappa shape index (κ2) is 6.82. The normalized spacial score (nSPS) is 11.9. The molecule has 0 saturated heterocycles. The van der Waals surface area contributed by atoms with Crippen LogP contribution in [-0.4, -0.2) is 31.4 Å². The quantitative estimate of drug-likeness (QED) is 0.497. The van der Waals surface area contributed by atoms with E-state index >= 15 is 0 Å². The standard InChI is InChI=1S/C16H10F3N5OS2/c1-25-11-4-3-9(7-21-11)27-15-22-10(8-26-15)12-13(16(17,18)19)23-14-20-5-2-6-24(12)14/h2-8H,1H3. The van der Waals surface area contributed by atoms with Gasteiger partial charge in [0.1, 0.15) is 11.4 Å². The molecule has 0 aromatic carbocycles. The summed E-state index contributed by atoms with van der Waals surface area (Å²) in [5.41, 5.74) is -0.937. The molecule has 11 heteroatoms. The van der Waals surface area contributed by atoms with Gasteiger partial charge in [-0.1, -0.05) is 11.8 Å². The molecule has 0 fully saturated rings. The molecule has 0 saturated carbocycles. The zero-order valence-corrected chi connectivity index (χ0v) is 15.3. The van der Waals surface area contributed by atoms with E-state index < -0.39 is 11.9 Å². The Morgan fingerprint density at radius 1 is 1.19 bits per heavy atom. The minimum absolute atomic E-state index is 0.0265. The first-order valence-electron chi connectivity index (χ1n) is 7.50. The average molecular weight is 409 g/mol. The molecular formula is C16H10F3N5OS2. The third-order valence-corrected chi connectivity index (χ3v) is 5.44. The van der Waals surface area contributed by atoms with Crippen LogP contribution in [0.25, 0.3) is 17.2 Å². The molecule has 0 unspecified atom stereocenters. The summed E-state index contributed by atoms with van der Waals surface area (Å²) in [4.78, 5) is 16.8. The molecule has 4 aromatic rings. The molecule has 4 aromatic heterocycles. The molecule has 4 rings (SSSR count). The first kappa shape index (κ1) is 17.7. The van der Waals surface area contributed by atoms with Crippen molar-refractivity contribution in [1.82, 2.24) is 24.3 Å². The third-order valence-electron chi connectivity index (χ3n) is 3.52. The van der Waals surface area contributed by atoms with Gasteiger partial charge < -0.3 is 4.74 Å². The Kier molecular flexibility index (Phi) is 4.48. The van der Waals surface area contributed by atoms with Crippen molar-refractivity contribution in [3.8, 4) is 17.3 Å². The van der Waals surface area contributed by atoms with E-state index in [1.165, 1.54) is 47.0 Å². The number of fused-ring (bicyclic) bond motifs is 1. The summed E-state index contributed by atoms with van der Waals surface area (Å²) in [6.07, 6.45) is -0.117. The van der Waals surface area contributed by atoms with Gasteiger partial charge >= 0.3 is 6.18 Å². The first-order valence-corrected chi connectivity index (χ1v) is 9.19. The van der Waals surface area contributed by atoms with Crippen molar-refractivity contribution in [3.63, 3.8) is 0 Å². The largest absolute Gasteiger partial charge is 0.481 e. The maximum atomic E-state index is 13.4. The van der Waals surface area contributed by atoms with E-state index in [4.69, 9.17) is 4.74 Å². The van der Waals surface area contributed by atoms with Gasteiger partial charge in [0.25, 0.3) is 0 Å². The lowest BCUT2D eigenvalue weighted by Crippen LogP contribution is -2.07. The summed E-state index contributed by atoms with van der Waals surface area (Å²) >= 11 is 2.55. The van der Waals surface area contributed by atoms with Crippen molar-refractivity contribution in [2.75, 3.05) is 7.11 Å². The number of aromatic nitrogens is 5. The molecule has 0 spiro atoms. The van der Waals surface area contributed by atoms with Gasteiger partial charge in [0.05, 0.1) is 7.11 Å². The van der Waals surface area contributed by atoms with E-state index in [2.05, 4.69) is 19.9 Å². The number of rotatable bonds is 4. The van der Waals surface area contributed by atoms with Crippen LogP contribution >= 0.6 is 23.1 Å². The fourth-order valence-electron chi connectivity index (χ4n) is 2.39. The predicted molar refractivity (Wildman–Crippen MR) is 94.0 cm³/mol. The fourth-order valence-corrected chi connectivity index (χ4v) is 4.13. The van der Waals surface area contributed by atoms with E-state index in [9.17, 15) is 13.2 Å². The lowest BCUT2D eigenvalue weighted by atomic mass is 10.2. The SMILES string of the molecule is COc1ccc(Sc2nc(-c3c(C(F)(F)F)nc4ncccn34)cs2)cn1. The van der Waals surface area contributed by atoms with Crippen molar-refractivity contribution in [2.24, 2.45) is 0 Å². The van der Waals surface area contributed by atoms with Crippen LogP contribution < -0.4 is 4.74 Å². The molecule has 4 heterocycles. The van der Waals surface area contributed by atoms with Crippen molar-refractivity contribution >= 4 is 28.9 Å². The molecule has 0 aliphatic heterocycles. The Labute approximate surface area is 159 Å². The molecule has 0 aliphatic rings. The molecule has 6 nitrogen and oxygen atoms in total. The van der Waals surface area contributed by atoms with Gasteiger partial charge in [-0.15, -0.1) is 11.3 Å². The maximum Gasteiger partial charge on any atom is 0.435 e. The van der Waals surface area contributed by atoms with E-state index in [1.807, 2.05) is 0 Å². The minimum atomic E-state index is -4.61. The maximum absolute atomic E-state index is 13.4. The molecule has 0 amide bonds. The topological polar surface area (TPSA) is 65.2 Å². The summed E-state index contributed by atoms with van der Waals surface area (Å²) < 4.78 is 47.2. The highest BCUT2D eigenvalue weighted by Gasteiger charge is 2.39. The second-order valence-corrected chi connectivity index (χ2v) is 7.41. The summed E-state index contributed by atoms with van der Waals surface area (Å²) in [7, 11) is 1.52. The van der Waals surface area contributed by atoms with E-state index in [0.29, 0.717) is 10.2 Å². The Hall–Kier alpha value is -2.66. The Bertz CT molecular complexity index is 1090. The van der Waals surface area contributed by atoms with Gasteiger partial charge in [-0.3, -0.25) is 4.40 Å². The average Bonchev–Trinajstić information content (AvgIpc) is 3.26. The van der Waals surface area contributed by atoms with Gasteiger partial charge in [-0.05, 0) is 12.1 Å². The number of hydrogen-bond acceptors (Lipinski definition) is 7. The molecular weight excluding hydrogens is 399 g/mol. The summed E-state index contributed by atoms with van der Waals surface area (Å²) in [6.45, 7) is 0. The van der Waals surface area contributed by atoms with Crippen LogP contribution in [0.15, 0.2) is 51.4 Å². The van der Waals surface area contributed by atoms with Crippen molar-refractivity contribution in [1.29, 1.82) is 0 Å². The first-order chi connectivity index (χ1) is 13.0. The zero-order valence-electron chi connectivity index (χ0n) is 13.6. The second-order valence-electron chi connectivity index (χ2n) is 5.23. The third kappa shape index (κ3) is 3.47. The monoisotopic (exact) mass is 409 g/mol. The number of imidazole rings is 1. The van der Waals surface area contributed by atoms with E-state index in [-0.39, 0.29) is 17.2 Å². The minimum Gasteiger partial charge on any atom is -0.481 e. The molecule has 0 atom stereocenters. The lowest BCUT2D eigenvalue weighted by molar-refractivity contribution is -0.140. The number of halogens is 3. The summed E-state index contributed by atoms with van der Waals surface area (Å²) in [6, 6.07) is 5.05. The molecule has 0 N–H and O–H groups in total. The van der Waals surface area contributed by atoms with E-state index in [1.54, 1.807) is 29.8 Å². The Morgan fingerprint density at radius 2 is 2.04 bits per heavy atom. The highest BCUT2D eigenvalue weighted by molar-refractivity contribution is 8.01. The van der Waals surface area contributed by atoms with Crippen molar-refractivity contribution in [3.05, 3.63) is 47.9 Å². The van der Waals surface area contributed by atoms with Gasteiger partial charge in [-0.25, -0.2) is 19.9 Å². The summed E-state index contributed by atoms with van der Waals surface area (Å²) in [5, 5.41) is 1.57. The van der Waals surface area contributed by atoms with E-state index in [0.717, 1.165) is 4.90 Å². The molecule has 0 radical (unpaired) electrons. The number of thiazole rings is 1. The molecule has 0 aliphatic carbocycles. The predicted octanol–water partition coefficient (Wildman–Crippen LogP) is 4.43. The number of methoxy groups -OCH3 is 1. The Balaban J connectivity index is 1.72. The van der Waals surface area contributed by atoms with Crippen LogP contribution in [0, 0.1) is 0 Å². The summed E-state index contributed by atoms with van der Waals surface area (Å²) in [5.74, 6) is 0.452. The molecule has 138 valence electrons. The number of nitrogens with zero attached hydrogens (tertiary/aromatic N) is 5. The van der Waals surface area contributed by atoms with Crippen LogP contribution in [0.5, 0.6) is 5.88 Å². The van der Waals surface area contributed by atoms with Crippen LogP contribution in [-0.2, 0) is 6.18 Å². The van der Waals surface area contributed by atoms with Crippen LogP contribution in [0.4, 0.5) is 13.2 Å². The van der Waals surface area contributed by atoms with Gasteiger partial charge in [0.2, 0.25) is 11.7 Å². The van der Waals surface area contributed by atoms with Crippen LogP contribution in [0.2, 0.25) is 0 Å². The van der Waals surface area contributed by atoms with Crippen molar-refractivity contribution in [2.45, 2.75) is 15.4 Å². The lowest BCUT2D eigenvalue weighted by Gasteiger charge is -2.05. The number of hydrogen-bond donors (Lipinski definition) is 0. The number of ether oxygens (including phenoxy) is 1. The van der Waals surface area contributed by atoms with Gasteiger partial charge in [0.15, 0.2) is 10.0 Å². The molecule has 0 bridgehead atoms. The smallest absolute Gasteiger partial charge is 0.435 e. The van der Waals surface area contributed by atoms with Gasteiger partial charge in [-0.2, -0.15) is 13.2 Å². The number of pyridine rings is 1. The Morgan fingerprint density at radius 3 is 2.74 bits per heavy atom. The highest BCUT2D eigenvalue weighted by atomic mass is 32.2. The van der Waals surface area contributed by atoms with Gasteiger partial charge in [0, 0.05) is 34.9 Å². The zero-order chi connectivity index (χ0) is 19.0.